The molecule has 0 radical (unpaired) electrons. The molecule has 0 aliphatic carbocycles. The topological polar surface area (TPSA) is 34.2 Å². The first-order chi connectivity index (χ1) is 7.75. The predicted molar refractivity (Wildman–Crippen MR) is 71.7 cm³/mol. The lowest BCUT2D eigenvalue weighted by Crippen LogP contribution is -2.23. The van der Waals surface area contributed by atoms with Crippen LogP contribution < -0.4 is 5.32 Å². The van der Waals surface area contributed by atoms with Crippen molar-refractivity contribution in [3.05, 3.63) is 21.2 Å². The molecule has 0 atom stereocenters. The Morgan fingerprint density at radius 2 is 2.12 bits per heavy atom. The van der Waals surface area contributed by atoms with E-state index in [9.17, 15) is 0 Å². The van der Waals surface area contributed by atoms with E-state index in [1.54, 1.807) is 6.20 Å². The third-order valence-electron chi connectivity index (χ3n) is 2.71. The van der Waals surface area contributed by atoms with Crippen molar-refractivity contribution < 1.29 is 4.74 Å². The van der Waals surface area contributed by atoms with E-state index in [1.165, 1.54) is 0 Å². The van der Waals surface area contributed by atoms with Gasteiger partial charge in [-0.25, -0.2) is 4.98 Å². The van der Waals surface area contributed by atoms with Gasteiger partial charge in [-0.05, 0) is 56.7 Å². The molecule has 16 heavy (non-hydrogen) atoms. The minimum Gasteiger partial charge on any atom is -0.381 e. The summed E-state index contributed by atoms with van der Waals surface area (Å²) in [5.41, 5.74) is 0. The first-order valence-corrected chi connectivity index (χ1v) is 6.97. The van der Waals surface area contributed by atoms with Crippen molar-refractivity contribution in [2.75, 3.05) is 25.1 Å². The summed E-state index contributed by atoms with van der Waals surface area (Å²) in [5, 5.41) is 3.38. The third-order valence-corrected chi connectivity index (χ3v) is 3.75. The van der Waals surface area contributed by atoms with Gasteiger partial charge in [0.05, 0.1) is 4.47 Å². The number of aromatic nitrogens is 1. The van der Waals surface area contributed by atoms with Gasteiger partial charge in [-0.15, -0.1) is 0 Å². The van der Waals surface area contributed by atoms with Gasteiger partial charge < -0.3 is 10.1 Å². The van der Waals surface area contributed by atoms with Crippen LogP contribution >= 0.6 is 31.9 Å². The highest BCUT2D eigenvalue weighted by Crippen LogP contribution is 2.24. The molecule has 2 heterocycles. The summed E-state index contributed by atoms with van der Waals surface area (Å²) in [7, 11) is 0. The first-order valence-electron chi connectivity index (χ1n) is 5.38. The van der Waals surface area contributed by atoms with Crippen LogP contribution in [0.4, 0.5) is 5.82 Å². The number of nitrogens with zero attached hydrogens (tertiary/aromatic N) is 1. The monoisotopic (exact) mass is 348 g/mol. The number of rotatable bonds is 3. The molecule has 0 aromatic carbocycles. The summed E-state index contributed by atoms with van der Waals surface area (Å²) >= 11 is 6.88. The Balaban J connectivity index is 1.88. The maximum absolute atomic E-state index is 5.33. The lowest BCUT2D eigenvalue weighted by molar-refractivity contribution is 0.0699. The van der Waals surface area contributed by atoms with Crippen LogP contribution in [-0.2, 0) is 4.74 Å². The van der Waals surface area contributed by atoms with Gasteiger partial charge >= 0.3 is 0 Å². The number of hydrogen-bond acceptors (Lipinski definition) is 3. The van der Waals surface area contributed by atoms with Gasteiger partial charge in [0.1, 0.15) is 5.82 Å². The van der Waals surface area contributed by atoms with Gasteiger partial charge in [-0.2, -0.15) is 0 Å². The molecule has 1 aliphatic rings. The van der Waals surface area contributed by atoms with E-state index < -0.39 is 0 Å². The molecule has 1 saturated heterocycles. The van der Waals surface area contributed by atoms with E-state index in [-0.39, 0.29) is 0 Å². The van der Waals surface area contributed by atoms with E-state index in [4.69, 9.17) is 4.74 Å². The van der Waals surface area contributed by atoms with E-state index in [0.717, 1.165) is 47.4 Å². The summed E-state index contributed by atoms with van der Waals surface area (Å²) in [4.78, 5) is 4.33. The highest BCUT2D eigenvalue weighted by molar-refractivity contribution is 9.11. The molecule has 1 aromatic rings. The molecule has 0 spiro atoms. The second kappa shape index (κ2) is 5.98. The molecule has 0 unspecified atom stereocenters. The molecule has 88 valence electrons. The SMILES string of the molecule is Brc1cnc(NCC2CCOCC2)c(Br)c1. The molecule has 1 aliphatic heterocycles. The standard InChI is InChI=1S/C11H14Br2N2O/c12-9-5-10(13)11(15-7-9)14-6-8-1-3-16-4-2-8/h5,7-8H,1-4,6H2,(H,14,15). The van der Waals surface area contributed by atoms with Crippen LogP contribution in [0.15, 0.2) is 21.2 Å². The van der Waals surface area contributed by atoms with Gasteiger partial charge in [0.2, 0.25) is 0 Å². The largest absolute Gasteiger partial charge is 0.381 e. The van der Waals surface area contributed by atoms with E-state index >= 15 is 0 Å². The van der Waals surface area contributed by atoms with Crippen LogP contribution in [0.1, 0.15) is 12.8 Å². The van der Waals surface area contributed by atoms with E-state index in [0.29, 0.717) is 5.92 Å². The van der Waals surface area contributed by atoms with Crippen molar-refractivity contribution in [2.45, 2.75) is 12.8 Å². The quantitative estimate of drug-likeness (QED) is 0.907. The molecule has 0 amide bonds. The second-order valence-electron chi connectivity index (χ2n) is 3.92. The average Bonchev–Trinajstić information content (AvgIpc) is 2.29. The Morgan fingerprint density at radius 1 is 1.38 bits per heavy atom. The van der Waals surface area contributed by atoms with Crippen molar-refractivity contribution in [3.8, 4) is 0 Å². The highest BCUT2D eigenvalue weighted by Gasteiger charge is 2.14. The second-order valence-corrected chi connectivity index (χ2v) is 5.69. The molecule has 1 aromatic heterocycles. The van der Waals surface area contributed by atoms with Crippen molar-refractivity contribution >= 4 is 37.7 Å². The maximum Gasteiger partial charge on any atom is 0.140 e. The van der Waals surface area contributed by atoms with Gasteiger partial charge in [-0.3, -0.25) is 0 Å². The molecule has 1 fully saturated rings. The van der Waals surface area contributed by atoms with Crippen molar-refractivity contribution in [1.29, 1.82) is 0 Å². The normalized spacial score (nSPS) is 17.4. The Bertz CT molecular complexity index is 354. The number of anilines is 1. The number of ether oxygens (including phenoxy) is 1. The van der Waals surface area contributed by atoms with Gasteiger partial charge in [-0.1, -0.05) is 0 Å². The number of hydrogen-bond donors (Lipinski definition) is 1. The molecule has 5 heteroatoms. The molecular weight excluding hydrogens is 336 g/mol. The van der Waals surface area contributed by atoms with Crippen LogP contribution in [0.2, 0.25) is 0 Å². The van der Waals surface area contributed by atoms with E-state index in [1.807, 2.05) is 6.07 Å². The molecule has 2 rings (SSSR count). The summed E-state index contributed by atoms with van der Waals surface area (Å²) in [6, 6.07) is 2.00. The summed E-state index contributed by atoms with van der Waals surface area (Å²) in [6.45, 7) is 2.75. The van der Waals surface area contributed by atoms with Gasteiger partial charge in [0.15, 0.2) is 0 Å². The van der Waals surface area contributed by atoms with Crippen LogP contribution in [-0.4, -0.2) is 24.7 Å². The highest BCUT2D eigenvalue weighted by atomic mass is 79.9. The van der Waals surface area contributed by atoms with Gasteiger partial charge in [0.25, 0.3) is 0 Å². The number of nitrogens with one attached hydrogen (secondary N) is 1. The lowest BCUT2D eigenvalue weighted by Gasteiger charge is -2.22. The molecular formula is C11H14Br2N2O. The molecule has 0 saturated carbocycles. The number of pyridine rings is 1. The van der Waals surface area contributed by atoms with Gasteiger partial charge in [0, 0.05) is 30.4 Å². The minimum absolute atomic E-state index is 0.700. The summed E-state index contributed by atoms with van der Waals surface area (Å²) < 4.78 is 7.31. The zero-order chi connectivity index (χ0) is 11.4. The Hall–Kier alpha value is -0.130. The van der Waals surface area contributed by atoms with Crippen LogP contribution in [0, 0.1) is 5.92 Å². The van der Waals surface area contributed by atoms with Crippen LogP contribution in [0.25, 0.3) is 0 Å². The molecule has 1 N–H and O–H groups in total. The Morgan fingerprint density at radius 3 is 2.81 bits per heavy atom. The molecule has 3 nitrogen and oxygen atoms in total. The third kappa shape index (κ3) is 3.43. The maximum atomic E-state index is 5.33. The minimum atomic E-state index is 0.700. The van der Waals surface area contributed by atoms with Crippen molar-refractivity contribution in [1.82, 2.24) is 4.98 Å². The van der Waals surface area contributed by atoms with E-state index in [2.05, 4.69) is 42.2 Å². The zero-order valence-electron chi connectivity index (χ0n) is 8.88. The Labute approximate surface area is 112 Å². The summed E-state index contributed by atoms with van der Waals surface area (Å²) in [6.07, 6.45) is 4.08. The molecule has 0 bridgehead atoms. The smallest absolute Gasteiger partial charge is 0.140 e. The fourth-order valence-corrected chi connectivity index (χ4v) is 2.86. The number of halogens is 2. The first kappa shape index (κ1) is 12.3. The fraction of sp³-hybridized carbons (Fsp3) is 0.545. The predicted octanol–water partition coefficient (Wildman–Crippen LogP) is 3.45. The van der Waals surface area contributed by atoms with Crippen LogP contribution in [0.5, 0.6) is 0 Å². The fourth-order valence-electron chi connectivity index (χ4n) is 1.74. The van der Waals surface area contributed by atoms with Crippen molar-refractivity contribution in [2.24, 2.45) is 5.92 Å². The van der Waals surface area contributed by atoms with Crippen molar-refractivity contribution in [3.63, 3.8) is 0 Å². The summed E-state index contributed by atoms with van der Waals surface area (Å²) in [5.74, 6) is 1.61. The lowest BCUT2D eigenvalue weighted by atomic mass is 10.0. The van der Waals surface area contributed by atoms with Crippen LogP contribution in [0.3, 0.4) is 0 Å². The Kier molecular flexibility index (Phi) is 4.61. The average molecular weight is 350 g/mol. The zero-order valence-corrected chi connectivity index (χ0v) is 12.1.